The minimum atomic E-state index is -4.69. The molecule has 9 heteroatoms. The molecule has 6 nitrogen and oxygen atoms in total. The SMILES string of the molecule is Cc1cccc2c1CCc1c(C)cccc1C2N1CN([C@H](C)C(F)(F)F)C(=O)c2c(O)c(=O)ccn21. The van der Waals surface area contributed by atoms with Gasteiger partial charge >= 0.3 is 6.18 Å². The number of pyridine rings is 1. The van der Waals surface area contributed by atoms with E-state index >= 15 is 0 Å². The Bertz CT molecular complexity index is 1380. The summed E-state index contributed by atoms with van der Waals surface area (Å²) in [7, 11) is 0. The first-order valence-electron chi connectivity index (χ1n) is 11.8. The van der Waals surface area contributed by atoms with E-state index in [1.807, 2.05) is 50.2 Å². The molecule has 2 aliphatic rings. The molecular formula is C27H26F3N3O3. The van der Waals surface area contributed by atoms with Crippen molar-refractivity contribution in [2.75, 3.05) is 11.7 Å². The van der Waals surface area contributed by atoms with Crippen molar-refractivity contribution in [3.8, 4) is 5.75 Å². The number of aryl methyl sites for hydroxylation is 2. The van der Waals surface area contributed by atoms with Gasteiger partial charge in [0.25, 0.3) is 5.91 Å². The van der Waals surface area contributed by atoms with Gasteiger partial charge in [0.2, 0.25) is 5.43 Å². The quantitative estimate of drug-likeness (QED) is 0.572. The molecule has 3 aromatic rings. The number of rotatable bonds is 2. The van der Waals surface area contributed by atoms with Crippen LogP contribution in [0.4, 0.5) is 13.2 Å². The second-order valence-electron chi connectivity index (χ2n) is 9.48. The lowest BCUT2D eigenvalue weighted by Gasteiger charge is -2.46. The van der Waals surface area contributed by atoms with Crippen molar-refractivity contribution in [1.29, 1.82) is 0 Å². The van der Waals surface area contributed by atoms with Gasteiger partial charge in [-0.2, -0.15) is 13.2 Å². The third kappa shape index (κ3) is 3.65. The predicted octanol–water partition coefficient (Wildman–Crippen LogP) is 4.36. The minimum Gasteiger partial charge on any atom is -0.502 e. The Morgan fingerprint density at radius 3 is 2.03 bits per heavy atom. The van der Waals surface area contributed by atoms with Crippen LogP contribution in [0.1, 0.15) is 56.8 Å². The highest BCUT2D eigenvalue weighted by Crippen LogP contribution is 2.40. The van der Waals surface area contributed by atoms with E-state index in [4.69, 9.17) is 0 Å². The average molecular weight is 498 g/mol. The summed E-state index contributed by atoms with van der Waals surface area (Å²) in [6, 6.07) is 10.2. The molecule has 1 aliphatic heterocycles. The van der Waals surface area contributed by atoms with E-state index in [-0.39, 0.29) is 6.67 Å². The zero-order chi connectivity index (χ0) is 25.9. The lowest BCUT2D eigenvalue weighted by atomic mass is 9.91. The molecule has 2 heterocycles. The number of aromatic nitrogens is 1. The van der Waals surface area contributed by atoms with Gasteiger partial charge in [0, 0.05) is 12.3 Å². The molecule has 0 bridgehead atoms. The fourth-order valence-corrected chi connectivity index (χ4v) is 5.42. The largest absolute Gasteiger partial charge is 0.502 e. The molecule has 36 heavy (non-hydrogen) atoms. The van der Waals surface area contributed by atoms with Crippen molar-refractivity contribution in [2.45, 2.75) is 51.9 Å². The summed E-state index contributed by atoms with van der Waals surface area (Å²) in [4.78, 5) is 26.2. The van der Waals surface area contributed by atoms with Gasteiger partial charge in [-0.1, -0.05) is 36.4 Å². The van der Waals surface area contributed by atoms with Crippen molar-refractivity contribution in [1.82, 2.24) is 9.58 Å². The van der Waals surface area contributed by atoms with Crippen LogP contribution in [-0.2, 0) is 12.8 Å². The van der Waals surface area contributed by atoms with Gasteiger partial charge in [-0.3, -0.25) is 19.3 Å². The van der Waals surface area contributed by atoms with Crippen LogP contribution in [0, 0.1) is 13.8 Å². The smallest absolute Gasteiger partial charge is 0.408 e. The third-order valence-electron chi connectivity index (χ3n) is 7.44. The van der Waals surface area contributed by atoms with Gasteiger partial charge in [-0.05, 0) is 67.0 Å². The van der Waals surface area contributed by atoms with Gasteiger partial charge in [-0.15, -0.1) is 0 Å². The van der Waals surface area contributed by atoms with Crippen LogP contribution >= 0.6 is 0 Å². The molecule has 1 amide bonds. The Morgan fingerprint density at radius 1 is 0.944 bits per heavy atom. The van der Waals surface area contributed by atoms with Crippen LogP contribution in [0.3, 0.4) is 0 Å². The van der Waals surface area contributed by atoms with Crippen molar-refractivity contribution in [3.63, 3.8) is 0 Å². The molecule has 1 aliphatic carbocycles. The minimum absolute atomic E-state index is 0.389. The van der Waals surface area contributed by atoms with E-state index in [1.54, 1.807) is 5.01 Å². The van der Waals surface area contributed by atoms with Crippen molar-refractivity contribution in [2.24, 2.45) is 0 Å². The topological polar surface area (TPSA) is 65.8 Å². The van der Waals surface area contributed by atoms with Gasteiger partial charge in [-0.25, -0.2) is 0 Å². The fourth-order valence-electron chi connectivity index (χ4n) is 5.42. The number of nitrogens with zero attached hydrogens (tertiary/aromatic N) is 3. The number of amides is 1. The Balaban J connectivity index is 1.81. The Labute approximate surface area is 206 Å². The molecule has 188 valence electrons. The summed E-state index contributed by atoms with van der Waals surface area (Å²) in [5.41, 5.74) is 4.85. The summed E-state index contributed by atoms with van der Waals surface area (Å²) in [5.74, 6) is -1.91. The summed E-state index contributed by atoms with van der Waals surface area (Å²) in [5, 5.41) is 12.2. The first kappa shape index (κ1) is 24.0. The third-order valence-corrected chi connectivity index (χ3v) is 7.44. The maximum Gasteiger partial charge on any atom is 0.408 e. The van der Waals surface area contributed by atoms with Crippen molar-refractivity contribution < 1.29 is 23.1 Å². The molecule has 0 spiro atoms. The number of hydrogen-bond donors (Lipinski definition) is 1. The number of alkyl halides is 3. The average Bonchev–Trinajstić information content (AvgIpc) is 2.99. The zero-order valence-electron chi connectivity index (χ0n) is 20.1. The van der Waals surface area contributed by atoms with Gasteiger partial charge in [0.05, 0.1) is 6.04 Å². The lowest BCUT2D eigenvalue weighted by molar-refractivity contribution is -0.173. The highest BCUT2D eigenvalue weighted by atomic mass is 19.4. The maximum atomic E-state index is 13.8. The second-order valence-corrected chi connectivity index (χ2v) is 9.48. The molecule has 1 aromatic heterocycles. The van der Waals surface area contributed by atoms with Crippen LogP contribution in [-0.4, -0.2) is 39.5 Å². The molecule has 0 saturated heterocycles. The molecule has 0 radical (unpaired) electrons. The van der Waals surface area contributed by atoms with E-state index in [0.29, 0.717) is 4.90 Å². The number of hydrogen-bond acceptors (Lipinski definition) is 4. The fraction of sp³-hybridized carbons (Fsp3) is 0.333. The summed E-state index contributed by atoms with van der Waals surface area (Å²) in [6.45, 7) is 4.54. The van der Waals surface area contributed by atoms with E-state index in [2.05, 4.69) is 0 Å². The standard InChI is InChI=1S/C27H26F3N3O3/c1-15-6-4-8-20-18(15)10-11-19-16(2)7-5-9-21(19)23(20)33-14-31(17(3)27(28,29)30)26(36)24-25(35)22(34)12-13-32(24)33/h4-9,12-13,17,23,35H,10-11,14H2,1-3H3/t17-/m1/s1. The van der Waals surface area contributed by atoms with Crippen LogP contribution in [0.15, 0.2) is 53.5 Å². The maximum absolute atomic E-state index is 13.8. The monoisotopic (exact) mass is 497 g/mol. The van der Waals surface area contributed by atoms with Crippen molar-refractivity contribution in [3.05, 3.63) is 98.0 Å². The highest BCUT2D eigenvalue weighted by molar-refractivity contribution is 5.96. The molecule has 1 N–H and O–H groups in total. The lowest BCUT2D eigenvalue weighted by Crippen LogP contribution is -2.60. The summed E-state index contributed by atoms with van der Waals surface area (Å²) in [6.07, 6.45) is -1.83. The molecule has 0 fully saturated rings. The Kier molecular flexibility index (Phi) is 5.61. The van der Waals surface area contributed by atoms with Gasteiger partial charge in [0.1, 0.15) is 12.7 Å². The van der Waals surface area contributed by atoms with Crippen molar-refractivity contribution >= 4 is 5.91 Å². The molecule has 1 atom stereocenters. The highest BCUT2D eigenvalue weighted by Gasteiger charge is 2.47. The van der Waals surface area contributed by atoms with Crippen LogP contribution in [0.2, 0.25) is 0 Å². The molecule has 0 saturated carbocycles. The first-order chi connectivity index (χ1) is 17.0. The second kappa shape index (κ2) is 8.43. The Morgan fingerprint density at radius 2 is 1.50 bits per heavy atom. The van der Waals surface area contributed by atoms with Crippen LogP contribution in [0.25, 0.3) is 0 Å². The molecule has 0 unspecified atom stereocenters. The van der Waals surface area contributed by atoms with E-state index in [9.17, 15) is 27.9 Å². The first-order valence-corrected chi connectivity index (χ1v) is 11.8. The zero-order valence-corrected chi connectivity index (χ0v) is 20.1. The normalized spacial score (nSPS) is 16.8. The van der Waals surface area contributed by atoms with Gasteiger partial charge in [0.15, 0.2) is 11.4 Å². The molecular weight excluding hydrogens is 471 g/mol. The Hall–Kier alpha value is -3.75. The molecule has 5 rings (SSSR count). The number of benzene rings is 2. The van der Waals surface area contributed by atoms with Crippen LogP contribution < -0.4 is 10.4 Å². The van der Waals surface area contributed by atoms with E-state index in [1.165, 1.54) is 10.9 Å². The number of aromatic hydroxyl groups is 1. The predicted molar refractivity (Wildman–Crippen MR) is 129 cm³/mol. The van der Waals surface area contributed by atoms with E-state index in [0.717, 1.165) is 59.2 Å². The van der Waals surface area contributed by atoms with Gasteiger partial charge < -0.3 is 10.0 Å². The number of fused-ring (bicyclic) bond motifs is 3. The number of halogens is 3. The summed E-state index contributed by atoms with van der Waals surface area (Å²) < 4.78 is 42.9. The molecule has 2 aromatic carbocycles. The number of carbonyl (C=O) groups excluding carboxylic acids is 1. The number of carbonyl (C=O) groups is 1. The summed E-state index contributed by atoms with van der Waals surface area (Å²) >= 11 is 0. The van der Waals surface area contributed by atoms with E-state index < -0.39 is 41.0 Å². The van der Waals surface area contributed by atoms with Crippen LogP contribution in [0.5, 0.6) is 5.75 Å².